The largest absolute Gasteiger partial charge is 0.366 e. The Morgan fingerprint density at radius 2 is 2.42 bits per heavy atom. The summed E-state index contributed by atoms with van der Waals surface area (Å²) in [5.74, 6) is 0.306. The molecule has 5 heteroatoms. The van der Waals surface area contributed by atoms with Gasteiger partial charge < -0.3 is 5.73 Å². The summed E-state index contributed by atoms with van der Waals surface area (Å²) in [5, 5.41) is 3.98. The van der Waals surface area contributed by atoms with Gasteiger partial charge in [-0.3, -0.25) is 0 Å². The molecule has 0 amide bonds. The number of allylic oxidation sites excluding steroid dienone is 1. The minimum Gasteiger partial charge on any atom is -0.366 e. The fraction of sp³-hybridized carbons (Fsp3) is 0.429. The van der Waals surface area contributed by atoms with Crippen molar-refractivity contribution in [1.29, 1.82) is 0 Å². The highest BCUT2D eigenvalue weighted by Gasteiger charge is 2.02. The summed E-state index contributed by atoms with van der Waals surface area (Å²) in [7, 11) is 0. The van der Waals surface area contributed by atoms with Crippen molar-refractivity contribution < 1.29 is 0 Å². The summed E-state index contributed by atoms with van der Waals surface area (Å²) in [4.78, 5) is 3.91. The number of aryl methyl sites for hydroxylation is 1. The molecule has 12 heavy (non-hydrogen) atoms. The molecule has 0 unspecified atom stereocenters. The molecule has 0 radical (unpaired) electrons. The molecule has 2 N–H and O–H groups in total. The topological polar surface area (TPSA) is 56.7 Å². The Kier molecular flexibility index (Phi) is 3.28. The van der Waals surface area contributed by atoms with Gasteiger partial charge in [-0.1, -0.05) is 6.08 Å². The van der Waals surface area contributed by atoms with Crippen molar-refractivity contribution in [3.63, 3.8) is 0 Å². The fourth-order valence-electron chi connectivity index (χ4n) is 0.867. The van der Waals surface area contributed by atoms with E-state index in [0.717, 1.165) is 19.4 Å². The SMILES string of the molecule is C=CCCCn1nc(N)nc1Br. The zero-order valence-corrected chi connectivity index (χ0v) is 8.29. The number of rotatable bonds is 4. The van der Waals surface area contributed by atoms with Crippen molar-refractivity contribution in [2.24, 2.45) is 0 Å². The van der Waals surface area contributed by atoms with Crippen LogP contribution in [-0.4, -0.2) is 14.8 Å². The van der Waals surface area contributed by atoms with E-state index in [9.17, 15) is 0 Å². The molecular weight excluding hydrogens is 220 g/mol. The van der Waals surface area contributed by atoms with Crippen molar-refractivity contribution >= 4 is 21.9 Å². The van der Waals surface area contributed by atoms with Gasteiger partial charge in [0.1, 0.15) is 0 Å². The van der Waals surface area contributed by atoms with E-state index in [4.69, 9.17) is 5.73 Å². The molecular formula is C7H11BrN4. The standard InChI is InChI=1S/C7H11BrN4/c1-2-3-4-5-12-6(8)10-7(9)11-12/h2H,1,3-5H2,(H2,9,11). The van der Waals surface area contributed by atoms with Gasteiger partial charge in [0.25, 0.3) is 0 Å². The first-order valence-electron chi connectivity index (χ1n) is 3.70. The normalized spacial score (nSPS) is 10.1. The molecule has 0 fully saturated rings. The number of nitrogen functional groups attached to an aromatic ring is 1. The van der Waals surface area contributed by atoms with E-state index in [1.54, 1.807) is 4.68 Å². The van der Waals surface area contributed by atoms with Gasteiger partial charge in [-0.2, -0.15) is 4.98 Å². The average Bonchev–Trinajstić information content (AvgIpc) is 2.31. The predicted molar refractivity (Wildman–Crippen MR) is 51.6 cm³/mol. The summed E-state index contributed by atoms with van der Waals surface area (Å²) >= 11 is 3.25. The number of aromatic nitrogens is 3. The molecule has 0 aliphatic rings. The third-order valence-corrected chi connectivity index (χ3v) is 2.01. The van der Waals surface area contributed by atoms with Gasteiger partial charge in [0, 0.05) is 6.54 Å². The van der Waals surface area contributed by atoms with Gasteiger partial charge in [0.2, 0.25) is 5.95 Å². The van der Waals surface area contributed by atoms with E-state index in [2.05, 4.69) is 32.6 Å². The summed E-state index contributed by atoms with van der Waals surface area (Å²) < 4.78 is 2.42. The van der Waals surface area contributed by atoms with Gasteiger partial charge >= 0.3 is 0 Å². The smallest absolute Gasteiger partial charge is 0.240 e. The van der Waals surface area contributed by atoms with Crippen LogP contribution >= 0.6 is 15.9 Å². The second-order valence-corrected chi connectivity index (χ2v) is 3.10. The Balaban J connectivity index is 2.50. The monoisotopic (exact) mass is 230 g/mol. The van der Waals surface area contributed by atoms with Crippen LogP contribution in [0.25, 0.3) is 0 Å². The number of anilines is 1. The lowest BCUT2D eigenvalue weighted by Crippen LogP contribution is -2.00. The average molecular weight is 231 g/mol. The van der Waals surface area contributed by atoms with Crippen LogP contribution in [0.5, 0.6) is 0 Å². The van der Waals surface area contributed by atoms with Crippen LogP contribution in [0.15, 0.2) is 17.4 Å². The molecule has 1 heterocycles. The van der Waals surface area contributed by atoms with Crippen LogP contribution in [0.1, 0.15) is 12.8 Å². The summed E-state index contributed by atoms with van der Waals surface area (Å²) in [6.07, 6.45) is 3.87. The maximum atomic E-state index is 5.39. The molecule has 0 bridgehead atoms. The van der Waals surface area contributed by atoms with Crippen LogP contribution in [0.2, 0.25) is 0 Å². The maximum absolute atomic E-state index is 5.39. The summed E-state index contributed by atoms with van der Waals surface area (Å²) in [6.45, 7) is 4.45. The van der Waals surface area contributed by atoms with Crippen molar-refractivity contribution in [2.75, 3.05) is 5.73 Å². The fourth-order valence-corrected chi connectivity index (χ4v) is 1.31. The van der Waals surface area contributed by atoms with Crippen LogP contribution < -0.4 is 5.73 Å². The molecule has 0 spiro atoms. The quantitative estimate of drug-likeness (QED) is 0.632. The third-order valence-electron chi connectivity index (χ3n) is 1.42. The van der Waals surface area contributed by atoms with E-state index < -0.39 is 0 Å². The molecule has 0 atom stereocenters. The molecule has 1 rings (SSSR count). The van der Waals surface area contributed by atoms with Gasteiger partial charge in [-0.15, -0.1) is 11.7 Å². The summed E-state index contributed by atoms with van der Waals surface area (Å²) in [6, 6.07) is 0. The first kappa shape index (κ1) is 9.25. The van der Waals surface area contributed by atoms with Crippen LogP contribution in [0.3, 0.4) is 0 Å². The number of hydrogen-bond acceptors (Lipinski definition) is 3. The highest BCUT2D eigenvalue weighted by atomic mass is 79.9. The highest BCUT2D eigenvalue weighted by molar-refractivity contribution is 9.10. The predicted octanol–water partition coefficient (Wildman–Crippen LogP) is 1.59. The first-order valence-corrected chi connectivity index (χ1v) is 4.50. The van der Waals surface area contributed by atoms with E-state index in [1.807, 2.05) is 6.08 Å². The van der Waals surface area contributed by atoms with Crippen molar-refractivity contribution in [3.8, 4) is 0 Å². The molecule has 0 aromatic carbocycles. The van der Waals surface area contributed by atoms with Crippen molar-refractivity contribution in [1.82, 2.24) is 14.8 Å². The van der Waals surface area contributed by atoms with Crippen molar-refractivity contribution in [2.45, 2.75) is 19.4 Å². The zero-order valence-electron chi connectivity index (χ0n) is 6.70. The molecule has 66 valence electrons. The lowest BCUT2D eigenvalue weighted by atomic mass is 10.3. The number of hydrogen-bond donors (Lipinski definition) is 1. The lowest BCUT2D eigenvalue weighted by Gasteiger charge is -1.98. The van der Waals surface area contributed by atoms with Crippen LogP contribution in [0.4, 0.5) is 5.95 Å². The molecule has 1 aromatic rings. The molecule has 0 aliphatic carbocycles. The Labute approximate surface area is 79.6 Å². The zero-order chi connectivity index (χ0) is 8.97. The molecule has 0 saturated carbocycles. The number of nitrogens with two attached hydrogens (primary N) is 1. The van der Waals surface area contributed by atoms with E-state index in [-0.39, 0.29) is 0 Å². The third kappa shape index (κ3) is 2.34. The maximum Gasteiger partial charge on any atom is 0.240 e. The number of halogens is 1. The Morgan fingerprint density at radius 3 is 2.92 bits per heavy atom. The van der Waals surface area contributed by atoms with E-state index in [1.165, 1.54) is 0 Å². The lowest BCUT2D eigenvalue weighted by molar-refractivity contribution is 0.572. The number of unbranched alkanes of at least 4 members (excludes halogenated alkanes) is 1. The van der Waals surface area contributed by atoms with E-state index in [0.29, 0.717) is 10.7 Å². The second kappa shape index (κ2) is 4.25. The Hall–Kier alpha value is -0.840. The van der Waals surface area contributed by atoms with E-state index >= 15 is 0 Å². The van der Waals surface area contributed by atoms with Gasteiger partial charge in [0.15, 0.2) is 4.73 Å². The summed E-state index contributed by atoms with van der Waals surface area (Å²) in [5.41, 5.74) is 5.39. The highest BCUT2D eigenvalue weighted by Crippen LogP contribution is 2.08. The second-order valence-electron chi connectivity index (χ2n) is 2.39. The van der Waals surface area contributed by atoms with Crippen molar-refractivity contribution in [3.05, 3.63) is 17.4 Å². The number of nitrogens with zero attached hydrogens (tertiary/aromatic N) is 3. The first-order chi connectivity index (χ1) is 5.74. The van der Waals surface area contributed by atoms with Crippen LogP contribution in [0, 0.1) is 0 Å². The van der Waals surface area contributed by atoms with Gasteiger partial charge in [-0.05, 0) is 28.8 Å². The van der Waals surface area contributed by atoms with Crippen LogP contribution in [-0.2, 0) is 6.54 Å². The van der Waals surface area contributed by atoms with Gasteiger partial charge in [0.05, 0.1) is 0 Å². The Bertz CT molecular complexity index is 268. The minimum atomic E-state index is 0.306. The molecule has 4 nitrogen and oxygen atoms in total. The molecule has 1 aromatic heterocycles. The molecule has 0 saturated heterocycles. The Morgan fingerprint density at radius 1 is 1.67 bits per heavy atom. The van der Waals surface area contributed by atoms with Gasteiger partial charge in [-0.25, -0.2) is 4.68 Å². The minimum absolute atomic E-state index is 0.306. The molecule has 0 aliphatic heterocycles.